The molecule has 0 aromatic carbocycles. The molecule has 0 bridgehead atoms. The largest absolute Gasteiger partial charge is 0.320 e. The highest BCUT2D eigenvalue weighted by molar-refractivity contribution is 7.87. The third-order valence-electron chi connectivity index (χ3n) is 2.78. The molecule has 1 aromatic rings. The summed E-state index contributed by atoms with van der Waals surface area (Å²) in [5.74, 6) is 0. The van der Waals surface area contributed by atoms with Crippen LogP contribution >= 0.6 is 11.3 Å². The maximum atomic E-state index is 12.1. The predicted molar refractivity (Wildman–Crippen MR) is 80.7 cm³/mol. The first kappa shape index (κ1) is 16.6. The maximum absolute atomic E-state index is 12.1. The van der Waals surface area contributed by atoms with Crippen molar-refractivity contribution in [2.24, 2.45) is 0 Å². The van der Waals surface area contributed by atoms with E-state index in [0.29, 0.717) is 13.0 Å². The molecule has 1 rings (SSSR count). The fraction of sp³-hybridized carbons (Fsp3) is 0.667. The molecule has 5 nitrogen and oxygen atoms in total. The third kappa shape index (κ3) is 6.01. The predicted octanol–water partition coefficient (Wildman–Crippen LogP) is 1.05. The summed E-state index contributed by atoms with van der Waals surface area (Å²) in [6.07, 6.45) is 1.51. The Hall–Kier alpha value is -0.470. The van der Waals surface area contributed by atoms with Gasteiger partial charge in [-0.05, 0) is 55.7 Å². The lowest BCUT2D eigenvalue weighted by Crippen LogP contribution is -2.44. The first-order valence-electron chi connectivity index (χ1n) is 6.35. The standard InChI is InChI=1S/C12H23N3O2S2/c1-11(9-12-5-8-18-10-12)14-19(16,17)15(3)7-4-6-13-2/h5,8,10-11,13-14H,4,6-7,9H2,1-3H3. The van der Waals surface area contributed by atoms with E-state index in [1.165, 1.54) is 4.31 Å². The Bertz CT molecular complexity index is 446. The fourth-order valence-corrected chi connectivity index (χ4v) is 3.57. The van der Waals surface area contributed by atoms with Gasteiger partial charge in [-0.15, -0.1) is 0 Å². The van der Waals surface area contributed by atoms with Crippen LogP contribution in [0.1, 0.15) is 18.9 Å². The van der Waals surface area contributed by atoms with Gasteiger partial charge < -0.3 is 5.32 Å². The maximum Gasteiger partial charge on any atom is 0.279 e. The van der Waals surface area contributed by atoms with Gasteiger partial charge in [-0.3, -0.25) is 0 Å². The van der Waals surface area contributed by atoms with Gasteiger partial charge in [0.05, 0.1) is 0 Å². The van der Waals surface area contributed by atoms with Crippen LogP contribution in [0.25, 0.3) is 0 Å². The molecule has 1 heterocycles. The molecule has 0 spiro atoms. The quantitative estimate of drug-likeness (QED) is 0.671. The summed E-state index contributed by atoms with van der Waals surface area (Å²) in [4.78, 5) is 0. The summed E-state index contributed by atoms with van der Waals surface area (Å²) in [6.45, 7) is 3.21. The van der Waals surface area contributed by atoms with E-state index >= 15 is 0 Å². The van der Waals surface area contributed by atoms with Gasteiger partial charge in [-0.1, -0.05) is 0 Å². The van der Waals surface area contributed by atoms with Crippen LogP contribution in [0.4, 0.5) is 0 Å². The van der Waals surface area contributed by atoms with Gasteiger partial charge in [0, 0.05) is 19.6 Å². The summed E-state index contributed by atoms with van der Waals surface area (Å²) in [5.41, 5.74) is 1.16. The average Bonchev–Trinajstić information content (AvgIpc) is 2.81. The molecule has 0 aliphatic carbocycles. The number of hydrogen-bond acceptors (Lipinski definition) is 4. The highest BCUT2D eigenvalue weighted by Crippen LogP contribution is 2.09. The van der Waals surface area contributed by atoms with E-state index in [9.17, 15) is 8.42 Å². The monoisotopic (exact) mass is 305 g/mol. The Morgan fingerprint density at radius 3 is 2.79 bits per heavy atom. The average molecular weight is 305 g/mol. The summed E-state index contributed by atoms with van der Waals surface area (Å²) >= 11 is 1.62. The molecule has 7 heteroatoms. The lowest BCUT2D eigenvalue weighted by Gasteiger charge is -2.21. The van der Waals surface area contributed by atoms with Crippen LogP contribution in [0.15, 0.2) is 16.8 Å². The van der Waals surface area contributed by atoms with Crippen LogP contribution in [0.3, 0.4) is 0 Å². The van der Waals surface area contributed by atoms with Crippen LogP contribution in [0, 0.1) is 0 Å². The SMILES string of the molecule is CNCCCN(C)S(=O)(=O)NC(C)Cc1ccsc1. The van der Waals surface area contributed by atoms with Crippen LogP contribution in [-0.4, -0.2) is 45.9 Å². The fourth-order valence-electron chi connectivity index (χ4n) is 1.75. The molecule has 19 heavy (non-hydrogen) atoms. The Kier molecular flexibility index (Phi) is 6.95. The van der Waals surface area contributed by atoms with Gasteiger partial charge in [0.25, 0.3) is 10.2 Å². The second kappa shape index (κ2) is 7.96. The van der Waals surface area contributed by atoms with Crippen molar-refractivity contribution in [1.29, 1.82) is 0 Å². The molecule has 2 N–H and O–H groups in total. The van der Waals surface area contributed by atoms with E-state index in [1.54, 1.807) is 18.4 Å². The summed E-state index contributed by atoms with van der Waals surface area (Å²) in [5, 5.41) is 7.05. The number of nitrogens with zero attached hydrogens (tertiary/aromatic N) is 1. The molecule has 0 fully saturated rings. The number of hydrogen-bond donors (Lipinski definition) is 2. The molecule has 1 atom stereocenters. The molecule has 0 aliphatic rings. The second-order valence-corrected chi connectivity index (χ2v) is 7.23. The van der Waals surface area contributed by atoms with E-state index in [1.807, 2.05) is 30.8 Å². The van der Waals surface area contributed by atoms with E-state index in [-0.39, 0.29) is 6.04 Å². The molecule has 0 radical (unpaired) electrons. The molecule has 0 saturated heterocycles. The third-order valence-corrected chi connectivity index (χ3v) is 5.22. The minimum absolute atomic E-state index is 0.105. The highest BCUT2D eigenvalue weighted by Gasteiger charge is 2.19. The Morgan fingerprint density at radius 2 is 2.21 bits per heavy atom. The summed E-state index contributed by atoms with van der Waals surface area (Å²) in [7, 11) is 0.0791. The zero-order valence-electron chi connectivity index (χ0n) is 11.7. The minimum Gasteiger partial charge on any atom is -0.320 e. The van der Waals surface area contributed by atoms with Crippen LogP contribution in [-0.2, 0) is 16.6 Å². The number of nitrogens with one attached hydrogen (secondary N) is 2. The number of rotatable bonds is 9. The van der Waals surface area contributed by atoms with Crippen molar-refractivity contribution in [1.82, 2.24) is 14.3 Å². The smallest absolute Gasteiger partial charge is 0.279 e. The van der Waals surface area contributed by atoms with Crippen LogP contribution in [0.2, 0.25) is 0 Å². The Labute approximate surface area is 120 Å². The minimum atomic E-state index is -3.38. The molecule has 0 amide bonds. The molecule has 1 aromatic heterocycles. The van der Waals surface area contributed by atoms with Crippen molar-refractivity contribution >= 4 is 21.5 Å². The van der Waals surface area contributed by atoms with Gasteiger partial charge in [0.2, 0.25) is 0 Å². The van der Waals surface area contributed by atoms with E-state index < -0.39 is 10.2 Å². The summed E-state index contributed by atoms with van der Waals surface area (Å²) in [6, 6.07) is 1.91. The molecule has 1 unspecified atom stereocenters. The van der Waals surface area contributed by atoms with Crippen molar-refractivity contribution in [3.05, 3.63) is 22.4 Å². The van der Waals surface area contributed by atoms with Crippen molar-refractivity contribution in [3.8, 4) is 0 Å². The van der Waals surface area contributed by atoms with Crippen LogP contribution in [0.5, 0.6) is 0 Å². The van der Waals surface area contributed by atoms with Gasteiger partial charge in [0.1, 0.15) is 0 Å². The Balaban J connectivity index is 2.44. The van der Waals surface area contributed by atoms with E-state index in [4.69, 9.17) is 0 Å². The second-order valence-electron chi connectivity index (χ2n) is 4.64. The molecule has 0 saturated carbocycles. The number of thiophene rings is 1. The van der Waals surface area contributed by atoms with Crippen molar-refractivity contribution in [3.63, 3.8) is 0 Å². The van der Waals surface area contributed by atoms with Crippen LogP contribution < -0.4 is 10.0 Å². The normalized spacial score (nSPS) is 13.9. The Morgan fingerprint density at radius 1 is 1.47 bits per heavy atom. The van der Waals surface area contributed by atoms with Gasteiger partial charge >= 0.3 is 0 Å². The van der Waals surface area contributed by atoms with Gasteiger partial charge in [-0.25, -0.2) is 0 Å². The van der Waals surface area contributed by atoms with E-state index in [0.717, 1.165) is 18.5 Å². The topological polar surface area (TPSA) is 61.4 Å². The molecule has 0 aliphatic heterocycles. The highest BCUT2D eigenvalue weighted by atomic mass is 32.2. The van der Waals surface area contributed by atoms with Crippen molar-refractivity contribution in [2.45, 2.75) is 25.8 Å². The lowest BCUT2D eigenvalue weighted by atomic mass is 10.1. The lowest BCUT2D eigenvalue weighted by molar-refractivity contribution is 0.440. The zero-order valence-corrected chi connectivity index (χ0v) is 13.4. The van der Waals surface area contributed by atoms with Gasteiger partial charge in [0.15, 0.2) is 0 Å². The first-order chi connectivity index (χ1) is 8.95. The molecular formula is C12H23N3O2S2. The van der Waals surface area contributed by atoms with Gasteiger partial charge in [-0.2, -0.15) is 28.8 Å². The van der Waals surface area contributed by atoms with Crippen molar-refractivity contribution in [2.75, 3.05) is 27.2 Å². The molecule has 110 valence electrons. The molecular weight excluding hydrogens is 282 g/mol. The van der Waals surface area contributed by atoms with Crippen molar-refractivity contribution < 1.29 is 8.42 Å². The summed E-state index contributed by atoms with van der Waals surface area (Å²) < 4.78 is 28.2. The first-order valence-corrected chi connectivity index (χ1v) is 8.73. The zero-order chi connectivity index (χ0) is 14.3. The van der Waals surface area contributed by atoms with E-state index in [2.05, 4.69) is 10.0 Å².